The van der Waals surface area contributed by atoms with Crippen LogP contribution in [0.15, 0.2) is 0 Å². The van der Waals surface area contributed by atoms with Crippen LogP contribution in [0, 0.1) is 0 Å². The first kappa shape index (κ1) is 24.6. The smallest absolute Gasteiger partial charge is 0.425 e. The van der Waals surface area contributed by atoms with Crippen molar-refractivity contribution >= 4 is 39.7 Å². The number of urea groups is 1. The van der Waals surface area contributed by atoms with Crippen molar-refractivity contribution in [2.75, 3.05) is 11.9 Å². The molecule has 1 saturated carbocycles. The zero-order valence-corrected chi connectivity index (χ0v) is 20.9. The normalized spacial score (nSPS) is 18.1. The molecule has 5 rings (SSSR count). The molecule has 2 aliphatic carbocycles. The molecule has 1 fully saturated rings. The molecule has 6 nitrogen and oxygen atoms in total. The molecule has 11 heteroatoms. The lowest BCUT2D eigenvalue weighted by molar-refractivity contribution is -0.135. The Morgan fingerprint density at radius 3 is 2.54 bits per heavy atom. The Kier molecular flexibility index (Phi) is 7.09. The van der Waals surface area contributed by atoms with Gasteiger partial charge in [-0.25, -0.2) is 9.59 Å². The number of ether oxygens (including phenoxy) is 1. The predicted octanol–water partition coefficient (Wildman–Crippen LogP) is 5.77. The van der Waals surface area contributed by atoms with E-state index in [0.29, 0.717) is 40.5 Å². The maximum atomic E-state index is 13.7. The number of hydrogen-bond acceptors (Lipinski definition) is 6. The number of nitrogens with one attached hydrogen (secondary N) is 3. The van der Waals surface area contributed by atoms with Crippen LogP contribution in [0.2, 0.25) is 0 Å². The van der Waals surface area contributed by atoms with Crippen molar-refractivity contribution in [3.63, 3.8) is 0 Å². The summed E-state index contributed by atoms with van der Waals surface area (Å²) in [6.07, 6.45) is 3.30. The summed E-state index contributed by atoms with van der Waals surface area (Å²) in [5.74, 6) is -0.412. The van der Waals surface area contributed by atoms with Gasteiger partial charge in [-0.05, 0) is 81.0 Å². The molecule has 3 N–H and O–H groups in total. The molecule has 190 valence electrons. The fourth-order valence-corrected chi connectivity index (χ4v) is 7.69. The third-order valence-corrected chi connectivity index (χ3v) is 9.43. The van der Waals surface area contributed by atoms with Crippen molar-refractivity contribution in [3.8, 4) is 0 Å². The number of anilines is 1. The number of rotatable bonds is 5. The van der Waals surface area contributed by atoms with Crippen molar-refractivity contribution in [1.82, 2.24) is 10.6 Å². The highest BCUT2D eigenvalue weighted by atomic mass is 32.1. The number of carbonyl (C=O) groups is 2. The van der Waals surface area contributed by atoms with Crippen LogP contribution in [0.3, 0.4) is 0 Å². The molecular formula is C24H28F3N3O3S2. The number of fused-ring (bicyclic) bond motifs is 2. The van der Waals surface area contributed by atoms with Crippen molar-refractivity contribution in [2.24, 2.45) is 0 Å². The van der Waals surface area contributed by atoms with Gasteiger partial charge in [-0.1, -0.05) is 0 Å². The highest BCUT2D eigenvalue weighted by Gasteiger charge is 2.38. The van der Waals surface area contributed by atoms with E-state index in [9.17, 15) is 22.8 Å². The van der Waals surface area contributed by atoms with E-state index in [1.165, 1.54) is 11.3 Å². The van der Waals surface area contributed by atoms with E-state index in [1.807, 2.05) is 0 Å². The molecule has 0 aromatic carbocycles. The van der Waals surface area contributed by atoms with Gasteiger partial charge in [0.05, 0.1) is 5.56 Å². The zero-order valence-electron chi connectivity index (χ0n) is 19.2. The molecule has 0 bridgehead atoms. The van der Waals surface area contributed by atoms with Gasteiger partial charge in [0.25, 0.3) is 0 Å². The summed E-state index contributed by atoms with van der Waals surface area (Å²) in [7, 11) is 0. The Labute approximate surface area is 209 Å². The van der Waals surface area contributed by atoms with Crippen molar-refractivity contribution < 1.29 is 27.5 Å². The van der Waals surface area contributed by atoms with Gasteiger partial charge in [0.2, 0.25) is 0 Å². The molecule has 35 heavy (non-hydrogen) atoms. The lowest BCUT2D eigenvalue weighted by Gasteiger charge is -2.16. The van der Waals surface area contributed by atoms with Crippen LogP contribution in [0.1, 0.15) is 80.2 Å². The number of hydrogen-bond donors (Lipinski definition) is 3. The van der Waals surface area contributed by atoms with E-state index in [1.54, 1.807) is 0 Å². The van der Waals surface area contributed by atoms with Crippen LogP contribution in [0.5, 0.6) is 0 Å². The SMILES string of the molecule is O=C(NCc1c(C(F)(F)F)sc2c1CCNC2)Nc1sc2c(c1C(=O)OC1CCCC1)CCCC2. The summed E-state index contributed by atoms with van der Waals surface area (Å²) < 4.78 is 46.7. The highest BCUT2D eigenvalue weighted by molar-refractivity contribution is 7.17. The molecule has 0 saturated heterocycles. The maximum absolute atomic E-state index is 13.7. The molecule has 0 radical (unpaired) electrons. The van der Waals surface area contributed by atoms with Crippen molar-refractivity contribution in [3.05, 3.63) is 36.9 Å². The van der Waals surface area contributed by atoms with Gasteiger partial charge in [0, 0.05) is 22.8 Å². The van der Waals surface area contributed by atoms with Crippen LogP contribution in [-0.2, 0) is 43.3 Å². The number of carbonyl (C=O) groups excluding carboxylic acids is 2. The van der Waals surface area contributed by atoms with Crippen molar-refractivity contribution in [2.45, 2.75) is 83.2 Å². The van der Waals surface area contributed by atoms with E-state index in [0.717, 1.165) is 73.1 Å². The Balaban J connectivity index is 1.33. The summed E-state index contributed by atoms with van der Waals surface area (Å²) in [5, 5.41) is 8.88. The standard InChI is InChI=1S/C24H28F3N3O3S2/c25-24(26,27)20-16(14-9-10-28-12-18(14)34-20)11-29-23(32)30-21-19(15-7-3-4-8-17(15)35-21)22(31)33-13-5-1-2-6-13/h13,28H,1-12H2,(H2,29,30,32). The van der Waals surface area contributed by atoms with Crippen LogP contribution >= 0.6 is 22.7 Å². The molecule has 0 unspecified atom stereocenters. The van der Waals surface area contributed by atoms with Gasteiger partial charge >= 0.3 is 18.2 Å². The first-order chi connectivity index (χ1) is 16.8. The minimum atomic E-state index is -4.47. The second-order valence-electron chi connectivity index (χ2n) is 9.27. The molecule has 0 spiro atoms. The average Bonchev–Trinajstić information content (AvgIpc) is 3.54. The summed E-state index contributed by atoms with van der Waals surface area (Å²) in [4.78, 5) is 27.0. The van der Waals surface area contributed by atoms with Gasteiger partial charge < -0.3 is 15.4 Å². The lowest BCUT2D eigenvalue weighted by atomic mass is 9.95. The molecule has 3 aliphatic rings. The van der Waals surface area contributed by atoms with E-state index >= 15 is 0 Å². The fraction of sp³-hybridized carbons (Fsp3) is 0.583. The average molecular weight is 528 g/mol. The summed E-state index contributed by atoms with van der Waals surface area (Å²) in [6, 6.07) is -0.625. The molecule has 2 aromatic rings. The molecule has 0 atom stereocenters. The Morgan fingerprint density at radius 2 is 1.77 bits per heavy atom. The van der Waals surface area contributed by atoms with Crippen LogP contribution < -0.4 is 16.0 Å². The minimum absolute atomic E-state index is 0.0941. The quantitative estimate of drug-likeness (QED) is 0.431. The number of alkyl halides is 3. The van der Waals surface area contributed by atoms with Gasteiger partial charge in [-0.15, -0.1) is 22.7 Å². The molecule has 3 heterocycles. The predicted molar refractivity (Wildman–Crippen MR) is 129 cm³/mol. The van der Waals surface area contributed by atoms with Crippen molar-refractivity contribution in [1.29, 1.82) is 0 Å². The number of esters is 1. The summed E-state index contributed by atoms with van der Waals surface area (Å²) in [6.45, 7) is 0.787. The summed E-state index contributed by atoms with van der Waals surface area (Å²) >= 11 is 2.12. The minimum Gasteiger partial charge on any atom is -0.459 e. The molecular weight excluding hydrogens is 499 g/mol. The first-order valence-electron chi connectivity index (χ1n) is 12.1. The van der Waals surface area contributed by atoms with Gasteiger partial charge in [0.1, 0.15) is 16.0 Å². The zero-order chi connectivity index (χ0) is 24.6. The third kappa shape index (κ3) is 5.22. The third-order valence-electron chi connectivity index (χ3n) is 6.90. The molecule has 2 amide bonds. The Morgan fingerprint density at radius 1 is 1.00 bits per heavy atom. The highest BCUT2D eigenvalue weighted by Crippen LogP contribution is 2.42. The lowest BCUT2D eigenvalue weighted by Crippen LogP contribution is -2.30. The maximum Gasteiger partial charge on any atom is 0.425 e. The number of thiophene rings is 2. The largest absolute Gasteiger partial charge is 0.459 e. The van der Waals surface area contributed by atoms with E-state index in [2.05, 4.69) is 16.0 Å². The van der Waals surface area contributed by atoms with Gasteiger partial charge in [-0.3, -0.25) is 5.32 Å². The van der Waals surface area contributed by atoms with Crippen LogP contribution in [-0.4, -0.2) is 24.6 Å². The molecule has 2 aromatic heterocycles. The summed E-state index contributed by atoms with van der Waals surface area (Å²) in [5.41, 5.74) is 2.18. The second kappa shape index (κ2) is 10.1. The Bertz CT molecular complexity index is 1120. The van der Waals surface area contributed by atoms with Gasteiger partial charge in [-0.2, -0.15) is 13.2 Å². The fourth-order valence-electron chi connectivity index (χ4n) is 5.22. The molecule has 1 aliphatic heterocycles. The second-order valence-corrected chi connectivity index (χ2v) is 11.5. The number of halogens is 3. The van der Waals surface area contributed by atoms with E-state index in [-0.39, 0.29) is 18.2 Å². The number of amides is 2. The first-order valence-corrected chi connectivity index (χ1v) is 13.8. The number of aryl methyl sites for hydroxylation is 1. The van der Waals surface area contributed by atoms with E-state index < -0.39 is 23.1 Å². The van der Waals surface area contributed by atoms with Crippen LogP contribution in [0.4, 0.5) is 23.0 Å². The monoisotopic (exact) mass is 527 g/mol. The van der Waals surface area contributed by atoms with Crippen LogP contribution in [0.25, 0.3) is 0 Å². The van der Waals surface area contributed by atoms with Gasteiger partial charge in [0.15, 0.2) is 0 Å². The Hall–Kier alpha value is -2.11. The topological polar surface area (TPSA) is 79.5 Å². The van der Waals surface area contributed by atoms with E-state index in [4.69, 9.17) is 4.74 Å².